The Kier molecular flexibility index (Phi) is 6.48. The number of thioether (sulfide) groups is 1. The molecule has 2 aliphatic rings. The summed E-state index contributed by atoms with van der Waals surface area (Å²) < 4.78 is 7.50. The highest BCUT2D eigenvalue weighted by Crippen LogP contribution is 2.29. The summed E-state index contributed by atoms with van der Waals surface area (Å²) in [6, 6.07) is 7.93. The van der Waals surface area contributed by atoms with Crippen LogP contribution < -0.4 is 5.56 Å². The van der Waals surface area contributed by atoms with Crippen LogP contribution in [-0.2, 0) is 16.1 Å². The molecule has 2 fully saturated rings. The van der Waals surface area contributed by atoms with Crippen molar-refractivity contribution < 1.29 is 9.53 Å². The van der Waals surface area contributed by atoms with Crippen molar-refractivity contribution >= 4 is 28.6 Å². The third kappa shape index (κ3) is 4.28. The van der Waals surface area contributed by atoms with E-state index in [0.29, 0.717) is 22.6 Å². The summed E-state index contributed by atoms with van der Waals surface area (Å²) >= 11 is 1.39. The number of para-hydroxylation sites is 1. The van der Waals surface area contributed by atoms with Gasteiger partial charge >= 0.3 is 0 Å². The molecule has 0 unspecified atom stereocenters. The predicted molar refractivity (Wildman–Crippen MR) is 120 cm³/mol. The van der Waals surface area contributed by atoms with Crippen LogP contribution in [0, 0.1) is 0 Å². The van der Waals surface area contributed by atoms with Gasteiger partial charge in [0.1, 0.15) is 0 Å². The minimum atomic E-state index is -0.309. The van der Waals surface area contributed by atoms with Gasteiger partial charge in [0.05, 0.1) is 28.8 Å². The molecule has 2 saturated heterocycles. The quantitative estimate of drug-likeness (QED) is 0.534. The average Bonchev–Trinajstić information content (AvgIpc) is 3.24. The van der Waals surface area contributed by atoms with Crippen LogP contribution in [0.5, 0.6) is 0 Å². The van der Waals surface area contributed by atoms with E-state index in [0.717, 1.165) is 32.3 Å². The summed E-state index contributed by atoms with van der Waals surface area (Å²) in [6.07, 6.45) is 5.25. The number of carbonyl (C=O) groups excluding carboxylic acids is 1. The Balaban J connectivity index is 1.64. The van der Waals surface area contributed by atoms with Crippen molar-refractivity contribution in [2.45, 2.75) is 88.0 Å². The average molecular weight is 430 g/mol. The summed E-state index contributed by atoms with van der Waals surface area (Å²) in [5, 5.41) is 0.904. The topological polar surface area (TPSA) is 64.4 Å². The Hall–Kier alpha value is -1.86. The lowest BCUT2D eigenvalue weighted by Crippen LogP contribution is -2.50. The first-order valence-corrected chi connectivity index (χ1v) is 11.9. The fourth-order valence-corrected chi connectivity index (χ4v) is 5.64. The van der Waals surface area contributed by atoms with Gasteiger partial charge < -0.3 is 9.64 Å². The van der Waals surface area contributed by atoms with Crippen molar-refractivity contribution in [3.63, 3.8) is 0 Å². The molecule has 7 heteroatoms. The maximum atomic E-state index is 13.3. The van der Waals surface area contributed by atoms with Crippen LogP contribution in [0.25, 0.3) is 10.9 Å². The van der Waals surface area contributed by atoms with E-state index in [1.54, 1.807) is 4.57 Å². The minimum Gasteiger partial charge on any atom is -0.376 e. The second kappa shape index (κ2) is 9.10. The third-order valence-electron chi connectivity index (χ3n) is 6.31. The molecule has 2 aliphatic heterocycles. The van der Waals surface area contributed by atoms with Gasteiger partial charge in [-0.05, 0) is 65.0 Å². The number of nitrogens with zero attached hydrogens (tertiary/aromatic N) is 3. The first-order valence-electron chi connectivity index (χ1n) is 11.1. The smallest absolute Gasteiger partial charge is 0.262 e. The van der Waals surface area contributed by atoms with Gasteiger partial charge in [-0.3, -0.25) is 14.2 Å². The Labute approximate surface area is 182 Å². The molecule has 0 spiro atoms. The molecular formula is C23H31N3O3S. The summed E-state index contributed by atoms with van der Waals surface area (Å²) in [5.74, 6) is 0.130. The second-order valence-corrected chi connectivity index (χ2v) is 9.90. The van der Waals surface area contributed by atoms with Crippen LogP contribution in [0.4, 0.5) is 0 Å². The highest BCUT2D eigenvalue weighted by molar-refractivity contribution is 8.00. The maximum absolute atomic E-state index is 13.3. The van der Waals surface area contributed by atoms with E-state index in [1.807, 2.05) is 36.1 Å². The monoisotopic (exact) mass is 429 g/mol. The van der Waals surface area contributed by atoms with E-state index in [1.165, 1.54) is 18.2 Å². The van der Waals surface area contributed by atoms with Gasteiger partial charge in [-0.15, -0.1) is 0 Å². The molecule has 1 aromatic heterocycles. The minimum absolute atomic E-state index is 0.0261. The normalized spacial score (nSPS) is 25.6. The lowest BCUT2D eigenvalue weighted by molar-refractivity contribution is -0.136. The van der Waals surface area contributed by atoms with Gasteiger partial charge in [0.25, 0.3) is 5.56 Å². The van der Waals surface area contributed by atoms with Gasteiger partial charge in [-0.1, -0.05) is 23.9 Å². The zero-order chi connectivity index (χ0) is 21.3. The molecule has 0 aliphatic carbocycles. The summed E-state index contributed by atoms with van der Waals surface area (Å²) in [5.41, 5.74) is 0.617. The molecule has 0 N–H and O–H groups in total. The van der Waals surface area contributed by atoms with E-state index < -0.39 is 0 Å². The van der Waals surface area contributed by atoms with Crippen molar-refractivity contribution in [2.24, 2.45) is 0 Å². The summed E-state index contributed by atoms with van der Waals surface area (Å²) in [4.78, 5) is 33.4. The molecule has 4 atom stereocenters. The SMILES string of the molecule is C[C@@H]1CCC[C@H](C)N1C(=O)[C@@H](C)Sc1nc2ccccc2c(=O)n1C[C@@H]1CCCO1. The first kappa shape index (κ1) is 21.4. The highest BCUT2D eigenvalue weighted by Gasteiger charge is 2.33. The Morgan fingerprint density at radius 2 is 1.93 bits per heavy atom. The van der Waals surface area contributed by atoms with Crippen LogP contribution in [-0.4, -0.2) is 50.4 Å². The summed E-state index contributed by atoms with van der Waals surface area (Å²) in [6.45, 7) is 7.41. The number of rotatable bonds is 5. The molecule has 2 aromatic rings. The van der Waals surface area contributed by atoms with E-state index >= 15 is 0 Å². The lowest BCUT2D eigenvalue weighted by Gasteiger charge is -2.40. The van der Waals surface area contributed by atoms with E-state index in [-0.39, 0.29) is 34.9 Å². The number of benzene rings is 1. The van der Waals surface area contributed by atoms with Crippen LogP contribution in [0.3, 0.4) is 0 Å². The number of piperidine rings is 1. The number of ether oxygens (including phenoxy) is 1. The number of aromatic nitrogens is 2. The van der Waals surface area contributed by atoms with Crippen LogP contribution in [0.2, 0.25) is 0 Å². The Morgan fingerprint density at radius 1 is 1.20 bits per heavy atom. The van der Waals surface area contributed by atoms with Crippen molar-refractivity contribution in [1.29, 1.82) is 0 Å². The number of carbonyl (C=O) groups is 1. The van der Waals surface area contributed by atoms with Gasteiger partial charge in [-0.25, -0.2) is 4.98 Å². The molecular weight excluding hydrogens is 398 g/mol. The lowest BCUT2D eigenvalue weighted by atomic mass is 9.97. The van der Waals surface area contributed by atoms with Crippen LogP contribution >= 0.6 is 11.8 Å². The molecule has 30 heavy (non-hydrogen) atoms. The number of hydrogen-bond acceptors (Lipinski definition) is 5. The number of likely N-dealkylation sites (tertiary alicyclic amines) is 1. The highest BCUT2D eigenvalue weighted by atomic mass is 32.2. The summed E-state index contributed by atoms with van der Waals surface area (Å²) in [7, 11) is 0. The van der Waals surface area contributed by atoms with Gasteiger partial charge in [0.15, 0.2) is 5.16 Å². The fraction of sp³-hybridized carbons (Fsp3) is 0.609. The van der Waals surface area contributed by atoms with Gasteiger partial charge in [-0.2, -0.15) is 0 Å². The Morgan fingerprint density at radius 3 is 2.63 bits per heavy atom. The number of amides is 1. The molecule has 1 amide bonds. The fourth-order valence-electron chi connectivity index (χ4n) is 4.66. The van der Waals surface area contributed by atoms with Gasteiger partial charge in [0, 0.05) is 18.7 Å². The van der Waals surface area contributed by atoms with Crippen molar-refractivity contribution in [3.05, 3.63) is 34.6 Å². The van der Waals surface area contributed by atoms with E-state index in [4.69, 9.17) is 9.72 Å². The molecule has 1 aromatic carbocycles. The number of fused-ring (bicyclic) bond motifs is 1. The molecule has 0 saturated carbocycles. The first-order chi connectivity index (χ1) is 14.5. The largest absolute Gasteiger partial charge is 0.376 e. The second-order valence-electron chi connectivity index (χ2n) is 8.60. The molecule has 6 nitrogen and oxygen atoms in total. The van der Waals surface area contributed by atoms with E-state index in [9.17, 15) is 9.59 Å². The van der Waals surface area contributed by atoms with Crippen molar-refractivity contribution in [1.82, 2.24) is 14.5 Å². The van der Waals surface area contributed by atoms with Crippen LogP contribution in [0.15, 0.2) is 34.2 Å². The maximum Gasteiger partial charge on any atom is 0.262 e. The Bertz CT molecular complexity index is 960. The van der Waals surface area contributed by atoms with Crippen molar-refractivity contribution in [3.8, 4) is 0 Å². The zero-order valence-electron chi connectivity index (χ0n) is 18.0. The zero-order valence-corrected chi connectivity index (χ0v) is 18.9. The predicted octanol–water partition coefficient (Wildman–Crippen LogP) is 3.85. The molecule has 4 rings (SSSR count). The molecule has 162 valence electrons. The molecule has 0 bridgehead atoms. The molecule has 3 heterocycles. The molecule has 0 radical (unpaired) electrons. The van der Waals surface area contributed by atoms with E-state index in [2.05, 4.69) is 13.8 Å². The van der Waals surface area contributed by atoms with Gasteiger partial charge in [0.2, 0.25) is 5.91 Å². The van der Waals surface area contributed by atoms with Crippen LogP contribution in [0.1, 0.15) is 52.9 Å². The van der Waals surface area contributed by atoms with Crippen molar-refractivity contribution in [2.75, 3.05) is 6.61 Å². The third-order valence-corrected chi connectivity index (χ3v) is 7.39. The number of hydrogen-bond donors (Lipinski definition) is 0. The standard InChI is InChI=1S/C23H31N3O3S/c1-15-8-6-9-16(2)26(15)21(27)17(3)30-23-24-20-12-5-4-11-19(20)22(28)25(23)14-18-10-7-13-29-18/h4-5,11-12,15-18H,6-10,13-14H2,1-3H3/t15-,16+,17-,18+/m1/s1.